The van der Waals surface area contributed by atoms with Gasteiger partial charge in [-0.15, -0.1) is 0 Å². The second-order valence-electron chi connectivity index (χ2n) is 3.96. The molecule has 6 heteroatoms. The molecular weight excluding hydrogens is 306 g/mol. The minimum Gasteiger partial charge on any atom is -0.395 e. The van der Waals surface area contributed by atoms with Crippen molar-refractivity contribution >= 4 is 26.0 Å². The van der Waals surface area contributed by atoms with Crippen LogP contribution < -0.4 is 0 Å². The summed E-state index contributed by atoms with van der Waals surface area (Å²) in [5, 5.41) is 9.00. The van der Waals surface area contributed by atoms with Gasteiger partial charge in [-0.05, 0) is 37.6 Å². The summed E-state index contributed by atoms with van der Waals surface area (Å²) in [6, 6.07) is 4.43. The van der Waals surface area contributed by atoms with E-state index < -0.39 is 16.1 Å². The zero-order valence-corrected chi connectivity index (χ0v) is 12.4. The van der Waals surface area contributed by atoms with Crippen molar-refractivity contribution in [2.24, 2.45) is 0 Å². The Morgan fingerprint density at radius 1 is 1.47 bits per heavy atom. The number of likely N-dealkylation sites (N-methyl/N-ethyl adjacent to an activating group) is 1. The fourth-order valence-corrected chi connectivity index (χ4v) is 2.98. The molecular formula is C11H16BrNO3S. The topological polar surface area (TPSA) is 57.6 Å². The number of hydrogen-bond donors (Lipinski definition) is 1. The molecule has 0 radical (unpaired) electrons. The Morgan fingerprint density at radius 2 is 2.06 bits per heavy atom. The van der Waals surface area contributed by atoms with Crippen LogP contribution >= 0.6 is 15.9 Å². The minimum absolute atomic E-state index is 0.203. The van der Waals surface area contributed by atoms with Crippen LogP contribution in [0.25, 0.3) is 0 Å². The van der Waals surface area contributed by atoms with E-state index in [9.17, 15) is 8.42 Å². The number of aliphatic hydroxyl groups excluding tert-OH is 1. The first-order valence-electron chi connectivity index (χ1n) is 5.15. The van der Waals surface area contributed by atoms with E-state index in [1.807, 2.05) is 6.92 Å². The van der Waals surface area contributed by atoms with Crippen molar-refractivity contribution in [3.8, 4) is 0 Å². The number of aliphatic hydroxyl groups is 1. The van der Waals surface area contributed by atoms with Crippen LogP contribution in [-0.4, -0.2) is 37.5 Å². The van der Waals surface area contributed by atoms with Crippen molar-refractivity contribution < 1.29 is 13.5 Å². The summed E-state index contributed by atoms with van der Waals surface area (Å²) in [6.07, 6.45) is 0. The summed E-state index contributed by atoms with van der Waals surface area (Å²) in [7, 11) is -2.07. The van der Waals surface area contributed by atoms with E-state index >= 15 is 0 Å². The third-order valence-electron chi connectivity index (χ3n) is 2.69. The minimum atomic E-state index is -3.54. The van der Waals surface area contributed by atoms with Crippen LogP contribution in [0.5, 0.6) is 0 Å². The number of benzene rings is 1. The predicted octanol–water partition coefficient (Wildman–Crippen LogP) is 1.76. The van der Waals surface area contributed by atoms with Gasteiger partial charge in [0.25, 0.3) is 0 Å². The number of aryl methyl sites for hydroxylation is 1. The molecule has 1 rings (SSSR count). The Labute approximate surface area is 110 Å². The molecule has 0 fully saturated rings. The molecule has 0 aliphatic rings. The summed E-state index contributed by atoms with van der Waals surface area (Å²) in [4.78, 5) is 0.237. The highest BCUT2D eigenvalue weighted by Gasteiger charge is 2.25. The first kappa shape index (κ1) is 14.6. The van der Waals surface area contributed by atoms with Gasteiger partial charge in [0.2, 0.25) is 10.0 Å². The molecule has 0 aliphatic carbocycles. The average molecular weight is 322 g/mol. The summed E-state index contributed by atoms with van der Waals surface area (Å²) in [5.74, 6) is 0. The van der Waals surface area contributed by atoms with Gasteiger partial charge in [-0.25, -0.2) is 8.42 Å². The van der Waals surface area contributed by atoms with Crippen LogP contribution in [-0.2, 0) is 10.0 Å². The van der Waals surface area contributed by atoms with Crippen LogP contribution in [0.1, 0.15) is 12.5 Å². The fraction of sp³-hybridized carbons (Fsp3) is 0.455. The third-order valence-corrected chi connectivity index (χ3v) is 5.55. The monoisotopic (exact) mass is 321 g/mol. The highest BCUT2D eigenvalue weighted by Crippen LogP contribution is 2.22. The first-order valence-corrected chi connectivity index (χ1v) is 7.39. The molecule has 17 heavy (non-hydrogen) atoms. The van der Waals surface area contributed by atoms with Crippen molar-refractivity contribution in [3.63, 3.8) is 0 Å². The molecule has 0 saturated heterocycles. The number of nitrogens with zero attached hydrogens (tertiary/aromatic N) is 1. The van der Waals surface area contributed by atoms with Crippen LogP contribution in [0.4, 0.5) is 0 Å². The van der Waals surface area contributed by atoms with Crippen LogP contribution in [0.15, 0.2) is 27.6 Å². The van der Waals surface area contributed by atoms with Crippen molar-refractivity contribution in [2.45, 2.75) is 24.8 Å². The maximum Gasteiger partial charge on any atom is 0.243 e. The maximum absolute atomic E-state index is 12.2. The lowest BCUT2D eigenvalue weighted by atomic mass is 10.2. The van der Waals surface area contributed by atoms with Gasteiger partial charge in [-0.2, -0.15) is 4.31 Å². The number of hydrogen-bond acceptors (Lipinski definition) is 3. The fourth-order valence-electron chi connectivity index (χ4n) is 1.30. The Morgan fingerprint density at radius 3 is 2.53 bits per heavy atom. The van der Waals surface area contributed by atoms with Crippen molar-refractivity contribution in [2.75, 3.05) is 13.7 Å². The lowest BCUT2D eigenvalue weighted by molar-refractivity contribution is 0.214. The largest absolute Gasteiger partial charge is 0.395 e. The number of halogens is 1. The zero-order valence-electron chi connectivity index (χ0n) is 10.0. The lowest BCUT2D eigenvalue weighted by Crippen LogP contribution is -2.37. The quantitative estimate of drug-likeness (QED) is 0.919. The van der Waals surface area contributed by atoms with Gasteiger partial charge in [0.1, 0.15) is 0 Å². The second-order valence-corrected chi connectivity index (χ2v) is 6.82. The predicted molar refractivity (Wildman–Crippen MR) is 70.4 cm³/mol. The van der Waals surface area contributed by atoms with Crippen LogP contribution in [0.2, 0.25) is 0 Å². The van der Waals surface area contributed by atoms with E-state index in [1.54, 1.807) is 25.1 Å². The first-order chi connectivity index (χ1) is 7.80. The molecule has 1 aromatic rings. The summed E-state index contributed by atoms with van der Waals surface area (Å²) < 4.78 is 26.4. The Hall–Kier alpha value is -0.430. The molecule has 0 heterocycles. The maximum atomic E-state index is 12.2. The molecule has 0 spiro atoms. The zero-order chi connectivity index (χ0) is 13.2. The summed E-state index contributed by atoms with van der Waals surface area (Å²) in [5.41, 5.74) is 0.858. The molecule has 1 unspecified atom stereocenters. The highest BCUT2D eigenvalue weighted by molar-refractivity contribution is 9.10. The van der Waals surface area contributed by atoms with E-state index in [0.29, 0.717) is 0 Å². The molecule has 1 atom stereocenters. The Kier molecular flexibility index (Phi) is 4.71. The summed E-state index contributed by atoms with van der Waals surface area (Å²) >= 11 is 3.33. The molecule has 0 bridgehead atoms. The van der Waals surface area contributed by atoms with Gasteiger partial charge in [-0.1, -0.05) is 15.9 Å². The van der Waals surface area contributed by atoms with E-state index in [0.717, 1.165) is 10.0 Å². The molecule has 0 aliphatic heterocycles. The van der Waals surface area contributed by atoms with Gasteiger partial charge in [0.15, 0.2) is 0 Å². The van der Waals surface area contributed by atoms with Gasteiger partial charge in [0, 0.05) is 17.6 Å². The van der Waals surface area contributed by atoms with Crippen LogP contribution in [0.3, 0.4) is 0 Å². The van der Waals surface area contributed by atoms with Gasteiger partial charge >= 0.3 is 0 Å². The average Bonchev–Trinajstić information content (AvgIpc) is 2.30. The summed E-state index contributed by atoms with van der Waals surface area (Å²) in [6.45, 7) is 3.28. The number of sulfonamides is 1. The Bertz CT molecular complexity index is 501. The van der Waals surface area contributed by atoms with E-state index in [2.05, 4.69) is 15.9 Å². The molecule has 1 N–H and O–H groups in total. The third kappa shape index (κ3) is 3.07. The number of rotatable bonds is 4. The standard InChI is InChI=1S/C11H16BrNO3S/c1-8-6-10(4-5-11(8)12)17(15,16)13(3)9(2)7-14/h4-6,9,14H,7H2,1-3H3. The molecule has 4 nitrogen and oxygen atoms in total. The smallest absolute Gasteiger partial charge is 0.243 e. The van der Waals surface area contributed by atoms with E-state index in [-0.39, 0.29) is 11.5 Å². The SMILES string of the molecule is Cc1cc(S(=O)(=O)N(C)C(C)CO)ccc1Br. The Balaban J connectivity index is 3.17. The van der Waals surface area contributed by atoms with Crippen molar-refractivity contribution in [3.05, 3.63) is 28.2 Å². The van der Waals surface area contributed by atoms with Crippen LogP contribution in [0, 0.1) is 6.92 Å². The lowest BCUT2D eigenvalue weighted by Gasteiger charge is -2.22. The van der Waals surface area contributed by atoms with Crippen molar-refractivity contribution in [1.82, 2.24) is 4.31 Å². The van der Waals surface area contributed by atoms with Gasteiger partial charge in [-0.3, -0.25) is 0 Å². The molecule has 1 aromatic carbocycles. The van der Waals surface area contributed by atoms with Crippen molar-refractivity contribution in [1.29, 1.82) is 0 Å². The van der Waals surface area contributed by atoms with Gasteiger partial charge < -0.3 is 5.11 Å². The molecule has 96 valence electrons. The molecule has 0 amide bonds. The highest BCUT2D eigenvalue weighted by atomic mass is 79.9. The molecule has 0 aromatic heterocycles. The van der Waals surface area contributed by atoms with Gasteiger partial charge in [0.05, 0.1) is 11.5 Å². The van der Waals surface area contributed by atoms with E-state index in [1.165, 1.54) is 11.4 Å². The molecule has 0 saturated carbocycles. The second kappa shape index (κ2) is 5.48. The normalized spacial score (nSPS) is 14.0. The van der Waals surface area contributed by atoms with E-state index in [4.69, 9.17) is 5.11 Å².